The van der Waals surface area contributed by atoms with Crippen LogP contribution in [0.25, 0.3) is 0 Å². The fraction of sp³-hybridized carbons (Fsp3) is 0.611. The molecule has 180 valence electrons. The molecule has 31 heavy (non-hydrogen) atoms. The minimum atomic E-state index is -2.07. The van der Waals surface area contributed by atoms with Crippen molar-refractivity contribution in [2.24, 2.45) is 0 Å². The molecule has 0 aromatic heterocycles. The summed E-state index contributed by atoms with van der Waals surface area (Å²) in [5, 5.41) is 2.90. The number of hydrogen-bond donors (Lipinski definition) is 1. The van der Waals surface area contributed by atoms with Crippen LogP contribution in [-0.2, 0) is 21.3 Å². The van der Waals surface area contributed by atoms with Crippen molar-refractivity contribution in [2.45, 2.75) is 65.8 Å². The molecular weight excluding hydrogens is 507 g/mol. The van der Waals surface area contributed by atoms with Crippen LogP contribution in [0.1, 0.15) is 6.92 Å². The molecule has 0 saturated carbocycles. The molecule has 0 rings (SSSR count). The largest absolute Gasteiger partial charge is 0.457 e. The van der Waals surface area contributed by atoms with Crippen LogP contribution in [0.5, 0.6) is 0 Å². The van der Waals surface area contributed by atoms with E-state index in [1.54, 1.807) is 6.92 Å². The Morgan fingerprint density at radius 3 is 1.68 bits per heavy atom. The standard InChI is InChI=1S/C18H45NO5Si7/c1-15(2)18(20)19-14-29(8,9)23-27-24-31(12,13)17(4)26-22-30(10,11)16(3)25-21-28(5,6)7/h1,3-4,14,25-27H2,2,5-13H3,(H,19,20). The molecule has 0 unspecified atom stereocenters. The third kappa shape index (κ3) is 13.4. The first-order chi connectivity index (χ1) is 13.8. The Labute approximate surface area is 201 Å². The molecule has 1 N–H and O–H groups in total. The molecule has 6 nitrogen and oxygen atoms in total. The molecule has 1 amide bonds. The zero-order valence-corrected chi connectivity index (χ0v) is 29.7. The molecule has 13 heteroatoms. The van der Waals surface area contributed by atoms with Gasteiger partial charge in [0.2, 0.25) is 5.91 Å². The van der Waals surface area contributed by atoms with Crippen molar-refractivity contribution in [1.29, 1.82) is 0 Å². The van der Waals surface area contributed by atoms with E-state index in [-0.39, 0.29) is 5.91 Å². The number of nitrogens with one attached hydrogen (secondary N) is 1. The average Bonchev–Trinajstić information content (AvgIpc) is 2.60. The van der Waals surface area contributed by atoms with Crippen molar-refractivity contribution in [3.63, 3.8) is 0 Å². The lowest BCUT2D eigenvalue weighted by Crippen LogP contribution is -2.48. The predicted molar refractivity (Wildman–Crippen MR) is 152 cm³/mol. The van der Waals surface area contributed by atoms with Gasteiger partial charge in [0.05, 0.1) is 0 Å². The topological polar surface area (TPSA) is 66.0 Å². The lowest BCUT2D eigenvalue weighted by molar-refractivity contribution is -0.117. The summed E-state index contributed by atoms with van der Waals surface area (Å²) < 4.78 is 25.1. The minimum Gasteiger partial charge on any atom is -0.457 e. The van der Waals surface area contributed by atoms with E-state index in [0.29, 0.717) is 11.7 Å². The Balaban J connectivity index is 4.58. The van der Waals surface area contributed by atoms with Crippen molar-refractivity contribution in [3.05, 3.63) is 34.9 Å². The number of carbonyl (C=O) groups excluding carboxylic acids is 1. The third-order valence-corrected chi connectivity index (χ3v) is 30.5. The Morgan fingerprint density at radius 2 is 1.23 bits per heavy atom. The highest BCUT2D eigenvalue weighted by atomic mass is 28.4. The molecule has 0 aliphatic carbocycles. The van der Waals surface area contributed by atoms with Crippen molar-refractivity contribution in [3.8, 4) is 0 Å². The second-order valence-corrected chi connectivity index (χ2v) is 34.7. The molecule has 0 fully saturated rings. The zero-order chi connectivity index (χ0) is 24.7. The van der Waals surface area contributed by atoms with E-state index in [1.807, 2.05) is 0 Å². The first-order valence-electron chi connectivity index (χ1n) is 10.7. The molecule has 0 spiro atoms. The van der Waals surface area contributed by atoms with Crippen LogP contribution in [0.4, 0.5) is 0 Å². The average molecular weight is 552 g/mol. The molecule has 0 heterocycles. The second-order valence-electron chi connectivity index (χ2n) is 10.5. The van der Waals surface area contributed by atoms with E-state index in [4.69, 9.17) is 16.5 Å². The van der Waals surface area contributed by atoms with Crippen LogP contribution in [0, 0.1) is 0 Å². The highest BCUT2D eigenvalue weighted by molar-refractivity contribution is 6.96. The van der Waals surface area contributed by atoms with Crippen molar-refractivity contribution in [2.75, 3.05) is 6.17 Å². The van der Waals surface area contributed by atoms with Crippen LogP contribution in [0.2, 0.25) is 58.9 Å². The summed E-state index contributed by atoms with van der Waals surface area (Å²) >= 11 is 0. The molecule has 0 radical (unpaired) electrons. The monoisotopic (exact) mass is 551 g/mol. The highest BCUT2D eigenvalue weighted by Gasteiger charge is 2.33. The van der Waals surface area contributed by atoms with Crippen LogP contribution < -0.4 is 5.32 Å². The van der Waals surface area contributed by atoms with Gasteiger partial charge in [-0.3, -0.25) is 4.79 Å². The van der Waals surface area contributed by atoms with E-state index in [1.165, 1.54) is 9.64 Å². The molecule has 0 atom stereocenters. The molecule has 0 bridgehead atoms. The molecule has 0 aliphatic rings. The van der Waals surface area contributed by atoms with Gasteiger partial charge in [-0.2, -0.15) is 0 Å². The van der Waals surface area contributed by atoms with Gasteiger partial charge in [-0.25, -0.2) is 0 Å². The van der Waals surface area contributed by atoms with Gasteiger partial charge < -0.3 is 21.8 Å². The van der Waals surface area contributed by atoms with Crippen molar-refractivity contribution in [1.82, 2.24) is 5.32 Å². The molecule has 0 aromatic rings. The van der Waals surface area contributed by atoms with E-state index < -0.39 is 62.8 Å². The zero-order valence-electron chi connectivity index (χ0n) is 21.5. The van der Waals surface area contributed by atoms with Crippen LogP contribution in [0.15, 0.2) is 34.9 Å². The van der Waals surface area contributed by atoms with Crippen LogP contribution in [-0.4, -0.2) is 74.9 Å². The van der Waals surface area contributed by atoms with Crippen molar-refractivity contribution >= 4 is 68.7 Å². The maximum Gasteiger partial charge on any atom is 0.284 e. The summed E-state index contributed by atoms with van der Waals surface area (Å²) in [5.41, 5.74) is 0.511. The quantitative estimate of drug-likeness (QED) is 0.249. The van der Waals surface area contributed by atoms with E-state index >= 15 is 0 Å². The normalized spacial score (nSPS) is 14.3. The van der Waals surface area contributed by atoms with Crippen molar-refractivity contribution < 1.29 is 21.3 Å². The van der Waals surface area contributed by atoms with E-state index in [2.05, 4.69) is 84.0 Å². The highest BCUT2D eigenvalue weighted by Crippen LogP contribution is 2.20. The van der Waals surface area contributed by atoms with Gasteiger partial charge in [0, 0.05) is 11.7 Å². The van der Waals surface area contributed by atoms with Crippen LogP contribution >= 0.6 is 0 Å². The summed E-state index contributed by atoms with van der Waals surface area (Å²) in [6.07, 6.45) is 0.557. The summed E-state index contributed by atoms with van der Waals surface area (Å²) in [7, 11) is -10.4. The fourth-order valence-corrected chi connectivity index (χ4v) is 18.3. The number of rotatable bonds is 15. The lowest BCUT2D eigenvalue weighted by Gasteiger charge is -2.32. The first-order valence-corrected chi connectivity index (χ1v) is 26.7. The number of hydrogen-bond acceptors (Lipinski definition) is 5. The van der Waals surface area contributed by atoms with Gasteiger partial charge in [-0.15, -0.1) is 13.2 Å². The molecule has 0 aromatic carbocycles. The minimum absolute atomic E-state index is 0.121. The molecule has 0 aliphatic heterocycles. The smallest absolute Gasteiger partial charge is 0.284 e. The summed E-state index contributed by atoms with van der Waals surface area (Å²) in [6.45, 7) is 33.6. The molecular formula is C18H45NO5Si7. The Kier molecular flexibility index (Phi) is 12.5. The Morgan fingerprint density at radius 1 is 0.774 bits per heavy atom. The third-order valence-electron chi connectivity index (χ3n) is 4.92. The molecule has 0 saturated heterocycles. The summed E-state index contributed by atoms with van der Waals surface area (Å²) in [6, 6.07) is 0. The maximum absolute atomic E-state index is 11.7. The number of carbonyl (C=O) groups is 1. The summed E-state index contributed by atoms with van der Waals surface area (Å²) in [5.74, 6) is -0.121. The van der Waals surface area contributed by atoms with Crippen LogP contribution in [0.3, 0.4) is 0 Å². The lowest BCUT2D eigenvalue weighted by atomic mass is 10.3. The van der Waals surface area contributed by atoms with E-state index in [0.717, 1.165) is 0 Å². The predicted octanol–water partition coefficient (Wildman–Crippen LogP) is 2.01. The Bertz CT molecular complexity index is 675. The van der Waals surface area contributed by atoms with Gasteiger partial charge in [0.1, 0.15) is 0 Å². The van der Waals surface area contributed by atoms with Gasteiger partial charge >= 0.3 is 0 Å². The maximum atomic E-state index is 11.7. The first kappa shape index (κ1) is 31.0. The van der Waals surface area contributed by atoms with Gasteiger partial charge in [0.15, 0.2) is 52.8 Å². The van der Waals surface area contributed by atoms with Gasteiger partial charge in [-0.1, -0.05) is 16.2 Å². The van der Waals surface area contributed by atoms with Gasteiger partial charge in [-0.05, 0) is 65.8 Å². The SMILES string of the molecule is C=C(C)C(=O)NC[Si](C)(C)O[SiH2]O[Si](C)(C)C(=C)[SiH2]O[Si](C)(C)C(=C)[SiH2]O[Si](C)(C)C. The number of amides is 1. The summed E-state index contributed by atoms with van der Waals surface area (Å²) in [4.78, 5) is 14.1. The fourth-order valence-electron chi connectivity index (χ4n) is 1.95. The Hall–Kier alpha value is 0.0482. The van der Waals surface area contributed by atoms with E-state index in [9.17, 15) is 4.79 Å². The van der Waals surface area contributed by atoms with Gasteiger partial charge in [0.25, 0.3) is 10.0 Å². The second kappa shape index (κ2) is 12.5.